The molecule has 0 bridgehead atoms. The van der Waals surface area contributed by atoms with Gasteiger partial charge in [-0.3, -0.25) is 0 Å². The molecule has 4 nitrogen and oxygen atoms in total. The summed E-state index contributed by atoms with van der Waals surface area (Å²) in [6.07, 6.45) is 0.561. The number of aliphatic hydroxyl groups is 2. The SMILES string of the molecule is CC(O)(COCCOCCO)Cc1ccccc1. The van der Waals surface area contributed by atoms with E-state index < -0.39 is 5.60 Å². The monoisotopic (exact) mass is 254 g/mol. The van der Waals surface area contributed by atoms with E-state index in [1.807, 2.05) is 30.3 Å². The zero-order valence-electron chi connectivity index (χ0n) is 10.8. The van der Waals surface area contributed by atoms with E-state index in [1.165, 1.54) is 0 Å². The fraction of sp³-hybridized carbons (Fsp3) is 0.571. The van der Waals surface area contributed by atoms with Crippen molar-refractivity contribution in [2.24, 2.45) is 0 Å². The van der Waals surface area contributed by atoms with Gasteiger partial charge in [0.25, 0.3) is 0 Å². The molecule has 0 saturated carbocycles. The maximum Gasteiger partial charge on any atom is 0.0892 e. The number of rotatable bonds is 9. The van der Waals surface area contributed by atoms with Crippen LogP contribution in [0.3, 0.4) is 0 Å². The van der Waals surface area contributed by atoms with Gasteiger partial charge < -0.3 is 19.7 Å². The molecule has 1 rings (SSSR count). The standard InChI is InChI=1S/C14H22O4/c1-14(16,11-13-5-3-2-4-6-13)12-18-10-9-17-8-7-15/h2-6,15-16H,7-12H2,1H3. The Kier molecular flexibility index (Phi) is 6.90. The Morgan fingerprint density at radius 2 is 1.72 bits per heavy atom. The van der Waals surface area contributed by atoms with Gasteiger partial charge in [-0.05, 0) is 12.5 Å². The molecule has 18 heavy (non-hydrogen) atoms. The van der Waals surface area contributed by atoms with Gasteiger partial charge in [0.1, 0.15) is 0 Å². The third kappa shape index (κ3) is 6.71. The van der Waals surface area contributed by atoms with Crippen LogP contribution in [0, 0.1) is 0 Å². The summed E-state index contributed by atoms with van der Waals surface area (Å²) in [5, 5.41) is 18.7. The minimum Gasteiger partial charge on any atom is -0.394 e. The first-order valence-electron chi connectivity index (χ1n) is 6.17. The summed E-state index contributed by atoms with van der Waals surface area (Å²) >= 11 is 0. The van der Waals surface area contributed by atoms with Crippen molar-refractivity contribution in [1.82, 2.24) is 0 Å². The van der Waals surface area contributed by atoms with Gasteiger partial charge in [0.05, 0.1) is 38.6 Å². The van der Waals surface area contributed by atoms with E-state index in [-0.39, 0.29) is 13.2 Å². The normalized spacial score (nSPS) is 14.4. The van der Waals surface area contributed by atoms with Crippen molar-refractivity contribution in [1.29, 1.82) is 0 Å². The second-order valence-electron chi connectivity index (χ2n) is 4.55. The van der Waals surface area contributed by atoms with Crippen LogP contribution < -0.4 is 0 Å². The lowest BCUT2D eigenvalue weighted by molar-refractivity contribution is -0.0490. The molecule has 1 aromatic carbocycles. The lowest BCUT2D eigenvalue weighted by atomic mass is 9.97. The van der Waals surface area contributed by atoms with Gasteiger partial charge in [-0.1, -0.05) is 30.3 Å². The highest BCUT2D eigenvalue weighted by molar-refractivity contribution is 5.16. The predicted molar refractivity (Wildman–Crippen MR) is 69.5 cm³/mol. The molecule has 0 aromatic heterocycles. The van der Waals surface area contributed by atoms with Gasteiger partial charge in [0, 0.05) is 6.42 Å². The Labute approximate surface area is 108 Å². The van der Waals surface area contributed by atoms with Gasteiger partial charge >= 0.3 is 0 Å². The highest BCUT2D eigenvalue weighted by Crippen LogP contribution is 2.13. The largest absolute Gasteiger partial charge is 0.394 e. The van der Waals surface area contributed by atoms with E-state index in [0.717, 1.165) is 5.56 Å². The lowest BCUT2D eigenvalue weighted by Gasteiger charge is -2.23. The van der Waals surface area contributed by atoms with Crippen LogP contribution in [0.4, 0.5) is 0 Å². The first-order chi connectivity index (χ1) is 8.64. The summed E-state index contributed by atoms with van der Waals surface area (Å²) in [5.41, 5.74) is 0.209. The summed E-state index contributed by atoms with van der Waals surface area (Å²) in [7, 11) is 0. The number of aliphatic hydroxyl groups excluding tert-OH is 1. The summed E-state index contributed by atoms with van der Waals surface area (Å²) in [4.78, 5) is 0. The highest BCUT2D eigenvalue weighted by Gasteiger charge is 2.20. The molecule has 1 aromatic rings. The van der Waals surface area contributed by atoms with Crippen LogP contribution in [0.25, 0.3) is 0 Å². The van der Waals surface area contributed by atoms with Crippen molar-refractivity contribution in [3.63, 3.8) is 0 Å². The molecule has 0 aliphatic rings. The second kappa shape index (κ2) is 8.21. The molecule has 1 atom stereocenters. The fourth-order valence-electron chi connectivity index (χ4n) is 1.66. The summed E-state index contributed by atoms with van der Waals surface area (Å²) in [6.45, 7) is 3.22. The van der Waals surface area contributed by atoms with Gasteiger partial charge in [-0.25, -0.2) is 0 Å². The summed E-state index contributed by atoms with van der Waals surface area (Å²) < 4.78 is 10.4. The van der Waals surface area contributed by atoms with Gasteiger partial charge in [-0.2, -0.15) is 0 Å². The third-order valence-corrected chi connectivity index (χ3v) is 2.45. The number of ether oxygens (including phenoxy) is 2. The molecule has 0 amide bonds. The van der Waals surface area contributed by atoms with Crippen LogP contribution in [0.2, 0.25) is 0 Å². The van der Waals surface area contributed by atoms with Crippen LogP contribution in [-0.4, -0.2) is 48.8 Å². The summed E-state index contributed by atoms with van der Waals surface area (Å²) in [6, 6.07) is 9.83. The zero-order valence-corrected chi connectivity index (χ0v) is 10.8. The molecule has 1 unspecified atom stereocenters. The van der Waals surface area contributed by atoms with Gasteiger partial charge in [0.15, 0.2) is 0 Å². The fourth-order valence-corrected chi connectivity index (χ4v) is 1.66. The van der Waals surface area contributed by atoms with E-state index in [1.54, 1.807) is 6.92 Å². The topological polar surface area (TPSA) is 58.9 Å². The lowest BCUT2D eigenvalue weighted by Crippen LogP contribution is -2.33. The molecule has 102 valence electrons. The van der Waals surface area contributed by atoms with E-state index >= 15 is 0 Å². The van der Waals surface area contributed by atoms with Crippen molar-refractivity contribution in [2.75, 3.05) is 33.0 Å². The van der Waals surface area contributed by atoms with E-state index in [2.05, 4.69) is 0 Å². The van der Waals surface area contributed by atoms with Crippen molar-refractivity contribution < 1.29 is 19.7 Å². The zero-order chi connectivity index (χ0) is 13.3. The van der Waals surface area contributed by atoms with Crippen molar-refractivity contribution in [3.8, 4) is 0 Å². The molecule has 0 saturated heterocycles. The second-order valence-corrected chi connectivity index (χ2v) is 4.55. The Hall–Kier alpha value is -0.940. The quantitative estimate of drug-likeness (QED) is 0.646. The molecule has 0 heterocycles. The maximum atomic E-state index is 10.2. The molecule has 0 aliphatic carbocycles. The van der Waals surface area contributed by atoms with Gasteiger partial charge in [0.2, 0.25) is 0 Å². The molecule has 0 spiro atoms. The van der Waals surface area contributed by atoms with E-state index in [0.29, 0.717) is 26.2 Å². The average molecular weight is 254 g/mol. The number of hydrogen-bond acceptors (Lipinski definition) is 4. The minimum absolute atomic E-state index is 0.0196. The molecule has 0 radical (unpaired) electrons. The van der Waals surface area contributed by atoms with Crippen molar-refractivity contribution >= 4 is 0 Å². The first-order valence-corrected chi connectivity index (χ1v) is 6.17. The van der Waals surface area contributed by atoms with E-state index in [9.17, 15) is 5.11 Å². The molecule has 2 N–H and O–H groups in total. The predicted octanol–water partition coefficient (Wildman–Crippen LogP) is 1.01. The summed E-state index contributed by atoms with van der Waals surface area (Å²) in [5.74, 6) is 0. The van der Waals surface area contributed by atoms with Crippen LogP contribution in [0.1, 0.15) is 12.5 Å². The maximum absolute atomic E-state index is 10.2. The third-order valence-electron chi connectivity index (χ3n) is 2.45. The van der Waals surface area contributed by atoms with Crippen molar-refractivity contribution in [3.05, 3.63) is 35.9 Å². The molecule has 4 heteroatoms. The van der Waals surface area contributed by atoms with Crippen LogP contribution in [0.5, 0.6) is 0 Å². The molecule has 0 aliphatic heterocycles. The van der Waals surface area contributed by atoms with Crippen LogP contribution in [-0.2, 0) is 15.9 Å². The smallest absolute Gasteiger partial charge is 0.0892 e. The molecule has 0 fully saturated rings. The average Bonchev–Trinajstić information content (AvgIpc) is 2.34. The Morgan fingerprint density at radius 3 is 2.39 bits per heavy atom. The minimum atomic E-state index is -0.877. The van der Waals surface area contributed by atoms with Crippen LogP contribution >= 0.6 is 0 Å². The van der Waals surface area contributed by atoms with Crippen LogP contribution in [0.15, 0.2) is 30.3 Å². The number of hydrogen-bond donors (Lipinski definition) is 2. The molecular formula is C14H22O4. The van der Waals surface area contributed by atoms with E-state index in [4.69, 9.17) is 14.6 Å². The van der Waals surface area contributed by atoms with Gasteiger partial charge in [-0.15, -0.1) is 0 Å². The Balaban J connectivity index is 2.19. The Morgan fingerprint density at radius 1 is 1.06 bits per heavy atom. The Bertz CT molecular complexity index is 311. The number of benzene rings is 1. The first kappa shape index (κ1) is 15.1. The highest BCUT2D eigenvalue weighted by atomic mass is 16.5. The molecular weight excluding hydrogens is 232 g/mol. The van der Waals surface area contributed by atoms with Crippen molar-refractivity contribution in [2.45, 2.75) is 18.9 Å².